The van der Waals surface area contributed by atoms with E-state index in [0.29, 0.717) is 12.3 Å². The van der Waals surface area contributed by atoms with Crippen LogP contribution in [-0.2, 0) is 16.1 Å². The van der Waals surface area contributed by atoms with Crippen LogP contribution in [0.25, 0.3) is 0 Å². The van der Waals surface area contributed by atoms with E-state index in [9.17, 15) is 9.59 Å². The Morgan fingerprint density at radius 3 is 2.53 bits per heavy atom. The van der Waals surface area contributed by atoms with Crippen molar-refractivity contribution in [2.75, 3.05) is 0 Å². The summed E-state index contributed by atoms with van der Waals surface area (Å²) in [7, 11) is 0. The molecular weight excluding hydrogens is 196 g/mol. The minimum Gasteiger partial charge on any atom is -0.361 e. The summed E-state index contributed by atoms with van der Waals surface area (Å²) in [4.78, 5) is 21.8. The standard InChI is InChI=1S/C10H14N2O3/c1-6(13)4-10(14)11-5-9-7(2)12-15-8(9)3/h4-5H2,1-3H3,(H,11,14). The van der Waals surface area contributed by atoms with Crippen molar-refractivity contribution < 1.29 is 14.1 Å². The molecule has 0 bridgehead atoms. The Balaban J connectivity index is 2.50. The fourth-order valence-electron chi connectivity index (χ4n) is 1.23. The molecular formula is C10H14N2O3. The minimum absolute atomic E-state index is 0.0800. The van der Waals surface area contributed by atoms with E-state index in [1.54, 1.807) is 6.92 Å². The summed E-state index contributed by atoms with van der Waals surface area (Å²) >= 11 is 0. The molecule has 0 aliphatic rings. The van der Waals surface area contributed by atoms with E-state index in [1.165, 1.54) is 6.92 Å². The summed E-state index contributed by atoms with van der Waals surface area (Å²) in [6.07, 6.45) is -0.0800. The first-order chi connectivity index (χ1) is 7.00. The molecule has 1 aromatic heterocycles. The summed E-state index contributed by atoms with van der Waals surface area (Å²) in [5, 5.41) is 6.40. The highest BCUT2D eigenvalue weighted by Crippen LogP contribution is 2.11. The summed E-state index contributed by atoms with van der Waals surface area (Å²) in [5.74, 6) is 0.268. The second-order valence-electron chi connectivity index (χ2n) is 3.46. The molecule has 15 heavy (non-hydrogen) atoms. The molecule has 0 aliphatic heterocycles. The Morgan fingerprint density at radius 1 is 1.40 bits per heavy atom. The molecule has 1 rings (SSSR count). The molecule has 0 saturated carbocycles. The van der Waals surface area contributed by atoms with Crippen molar-refractivity contribution >= 4 is 11.7 Å². The van der Waals surface area contributed by atoms with Crippen LogP contribution < -0.4 is 5.32 Å². The molecule has 0 radical (unpaired) electrons. The van der Waals surface area contributed by atoms with E-state index >= 15 is 0 Å². The van der Waals surface area contributed by atoms with Gasteiger partial charge >= 0.3 is 0 Å². The average molecular weight is 210 g/mol. The highest BCUT2D eigenvalue weighted by molar-refractivity contribution is 5.96. The largest absolute Gasteiger partial charge is 0.361 e. The molecule has 1 heterocycles. The predicted molar refractivity (Wildman–Crippen MR) is 53.1 cm³/mol. The van der Waals surface area contributed by atoms with Crippen LogP contribution in [0.2, 0.25) is 0 Å². The highest BCUT2D eigenvalue weighted by atomic mass is 16.5. The van der Waals surface area contributed by atoms with Gasteiger partial charge in [-0.25, -0.2) is 0 Å². The van der Waals surface area contributed by atoms with Crippen LogP contribution in [0.4, 0.5) is 0 Å². The maximum absolute atomic E-state index is 11.2. The van der Waals surface area contributed by atoms with Gasteiger partial charge in [-0.05, 0) is 20.8 Å². The molecule has 0 aromatic carbocycles. The first-order valence-corrected chi connectivity index (χ1v) is 4.68. The second kappa shape index (κ2) is 4.72. The van der Waals surface area contributed by atoms with Gasteiger partial charge in [-0.15, -0.1) is 0 Å². The number of carbonyl (C=O) groups excluding carboxylic acids is 2. The van der Waals surface area contributed by atoms with Crippen molar-refractivity contribution in [2.45, 2.75) is 33.7 Å². The lowest BCUT2D eigenvalue weighted by Gasteiger charge is -2.02. The summed E-state index contributed by atoms with van der Waals surface area (Å²) in [6, 6.07) is 0. The Bertz CT molecular complexity index is 363. The van der Waals surface area contributed by atoms with Crippen LogP contribution >= 0.6 is 0 Å². The van der Waals surface area contributed by atoms with Crippen LogP contribution in [0.3, 0.4) is 0 Å². The third kappa shape index (κ3) is 3.19. The van der Waals surface area contributed by atoms with Gasteiger partial charge in [0.2, 0.25) is 5.91 Å². The van der Waals surface area contributed by atoms with E-state index in [0.717, 1.165) is 11.3 Å². The third-order valence-corrected chi connectivity index (χ3v) is 2.05. The van der Waals surface area contributed by atoms with Crippen molar-refractivity contribution in [1.82, 2.24) is 10.5 Å². The van der Waals surface area contributed by atoms with Gasteiger partial charge < -0.3 is 9.84 Å². The molecule has 1 N–H and O–H groups in total. The lowest BCUT2D eigenvalue weighted by atomic mass is 10.2. The normalized spacial score (nSPS) is 10.1. The Morgan fingerprint density at radius 2 is 2.07 bits per heavy atom. The third-order valence-electron chi connectivity index (χ3n) is 2.05. The topological polar surface area (TPSA) is 72.2 Å². The van der Waals surface area contributed by atoms with Gasteiger partial charge in [0.1, 0.15) is 11.5 Å². The van der Waals surface area contributed by atoms with Gasteiger partial charge in [-0.2, -0.15) is 0 Å². The molecule has 0 saturated heterocycles. The SMILES string of the molecule is CC(=O)CC(=O)NCc1c(C)noc1C. The summed E-state index contributed by atoms with van der Waals surface area (Å²) in [5.41, 5.74) is 1.63. The van der Waals surface area contributed by atoms with E-state index in [-0.39, 0.29) is 18.1 Å². The fourth-order valence-corrected chi connectivity index (χ4v) is 1.23. The number of hydrogen-bond donors (Lipinski definition) is 1. The van der Waals surface area contributed by atoms with Gasteiger partial charge in [0, 0.05) is 12.1 Å². The number of hydrogen-bond acceptors (Lipinski definition) is 4. The molecule has 0 aliphatic carbocycles. The van der Waals surface area contributed by atoms with Crippen LogP contribution in [0.1, 0.15) is 30.4 Å². The number of nitrogens with zero attached hydrogens (tertiary/aromatic N) is 1. The zero-order chi connectivity index (χ0) is 11.4. The van der Waals surface area contributed by atoms with E-state index < -0.39 is 0 Å². The number of nitrogens with one attached hydrogen (secondary N) is 1. The fraction of sp³-hybridized carbons (Fsp3) is 0.500. The van der Waals surface area contributed by atoms with Crippen LogP contribution in [0.5, 0.6) is 0 Å². The lowest BCUT2D eigenvalue weighted by Crippen LogP contribution is -2.24. The molecule has 5 nitrogen and oxygen atoms in total. The Kier molecular flexibility index (Phi) is 3.60. The number of aromatic nitrogens is 1. The monoisotopic (exact) mass is 210 g/mol. The van der Waals surface area contributed by atoms with Gasteiger partial charge in [0.15, 0.2) is 0 Å². The van der Waals surface area contributed by atoms with E-state index in [1.807, 2.05) is 6.92 Å². The average Bonchev–Trinajstić information content (AvgIpc) is 2.42. The zero-order valence-electron chi connectivity index (χ0n) is 9.09. The quantitative estimate of drug-likeness (QED) is 0.749. The number of carbonyl (C=O) groups is 2. The number of rotatable bonds is 4. The molecule has 0 atom stereocenters. The van der Waals surface area contributed by atoms with Gasteiger partial charge in [-0.3, -0.25) is 9.59 Å². The van der Waals surface area contributed by atoms with Gasteiger partial charge in [-0.1, -0.05) is 5.16 Å². The molecule has 1 aromatic rings. The Labute approximate surface area is 87.8 Å². The van der Waals surface area contributed by atoms with Crippen molar-refractivity contribution in [3.63, 3.8) is 0 Å². The van der Waals surface area contributed by atoms with E-state index in [2.05, 4.69) is 10.5 Å². The molecule has 82 valence electrons. The predicted octanol–water partition coefficient (Wildman–Crippen LogP) is 0.887. The smallest absolute Gasteiger partial charge is 0.227 e. The Hall–Kier alpha value is -1.65. The molecule has 0 spiro atoms. The van der Waals surface area contributed by atoms with Crippen LogP contribution in [0, 0.1) is 13.8 Å². The lowest BCUT2D eigenvalue weighted by molar-refractivity contribution is -0.127. The molecule has 0 fully saturated rings. The first-order valence-electron chi connectivity index (χ1n) is 4.68. The van der Waals surface area contributed by atoms with Crippen LogP contribution in [-0.4, -0.2) is 16.8 Å². The van der Waals surface area contributed by atoms with Gasteiger partial charge in [0.25, 0.3) is 0 Å². The molecule has 0 unspecified atom stereocenters. The second-order valence-corrected chi connectivity index (χ2v) is 3.46. The number of Topliss-reactive ketones (excluding diaryl/α,β-unsaturated/α-hetero) is 1. The zero-order valence-corrected chi connectivity index (χ0v) is 9.09. The number of amides is 1. The van der Waals surface area contributed by atoms with Gasteiger partial charge in [0.05, 0.1) is 12.1 Å². The maximum Gasteiger partial charge on any atom is 0.227 e. The van der Waals surface area contributed by atoms with Crippen molar-refractivity contribution in [2.24, 2.45) is 0 Å². The first kappa shape index (κ1) is 11.4. The summed E-state index contributed by atoms with van der Waals surface area (Å²) in [6.45, 7) is 5.33. The van der Waals surface area contributed by atoms with E-state index in [4.69, 9.17) is 4.52 Å². The van der Waals surface area contributed by atoms with Crippen molar-refractivity contribution in [3.05, 3.63) is 17.0 Å². The molecule has 1 amide bonds. The van der Waals surface area contributed by atoms with Crippen LogP contribution in [0.15, 0.2) is 4.52 Å². The van der Waals surface area contributed by atoms with Crippen molar-refractivity contribution in [1.29, 1.82) is 0 Å². The highest BCUT2D eigenvalue weighted by Gasteiger charge is 2.10. The number of aryl methyl sites for hydroxylation is 2. The summed E-state index contributed by atoms with van der Waals surface area (Å²) < 4.78 is 4.94. The molecule has 5 heteroatoms. The minimum atomic E-state index is -0.275. The maximum atomic E-state index is 11.2. The van der Waals surface area contributed by atoms with Crippen molar-refractivity contribution in [3.8, 4) is 0 Å². The number of ketones is 1.